The van der Waals surface area contributed by atoms with Gasteiger partial charge in [-0.1, -0.05) is 36.4 Å². The molecule has 3 nitrogen and oxygen atoms in total. The average Bonchev–Trinajstić information content (AvgIpc) is 3.00. The molecule has 1 aliphatic carbocycles. The summed E-state index contributed by atoms with van der Waals surface area (Å²) >= 11 is 0. The summed E-state index contributed by atoms with van der Waals surface area (Å²) in [4.78, 5) is 14.3. The summed E-state index contributed by atoms with van der Waals surface area (Å²) in [5.74, 6) is -0.672. The largest absolute Gasteiger partial charge is 0.335 e. The average molecular weight is 370 g/mol. The van der Waals surface area contributed by atoms with Crippen LogP contribution in [-0.2, 0) is 11.2 Å². The van der Waals surface area contributed by atoms with E-state index in [4.69, 9.17) is 5.73 Å². The molecule has 27 heavy (non-hydrogen) atoms. The highest BCUT2D eigenvalue weighted by atomic mass is 19.1. The summed E-state index contributed by atoms with van der Waals surface area (Å²) < 4.78 is 28.2. The number of carbonyl (C=O) groups is 1. The van der Waals surface area contributed by atoms with Crippen molar-refractivity contribution in [1.82, 2.24) is 4.90 Å². The van der Waals surface area contributed by atoms with Crippen molar-refractivity contribution in [3.63, 3.8) is 0 Å². The van der Waals surface area contributed by atoms with E-state index in [9.17, 15) is 13.6 Å². The minimum atomic E-state index is -1.69. The minimum Gasteiger partial charge on any atom is -0.335 e. The van der Waals surface area contributed by atoms with Crippen LogP contribution in [0, 0.1) is 5.82 Å². The maximum atomic E-state index is 14.6. The van der Waals surface area contributed by atoms with E-state index in [1.54, 1.807) is 11.0 Å². The zero-order valence-corrected chi connectivity index (χ0v) is 15.2. The number of alkyl halides is 1. The molecule has 1 heterocycles. The Morgan fingerprint density at radius 3 is 2.52 bits per heavy atom. The quantitative estimate of drug-likeness (QED) is 0.888. The van der Waals surface area contributed by atoms with Crippen molar-refractivity contribution in [2.45, 2.75) is 49.9 Å². The lowest BCUT2D eigenvalue weighted by molar-refractivity contribution is -0.150. The normalized spacial score (nSPS) is 23.9. The van der Waals surface area contributed by atoms with Crippen LogP contribution in [0.25, 0.3) is 11.1 Å². The number of rotatable bonds is 4. The van der Waals surface area contributed by atoms with Crippen molar-refractivity contribution >= 4 is 5.91 Å². The first-order chi connectivity index (χ1) is 13.0. The number of benzene rings is 2. The summed E-state index contributed by atoms with van der Waals surface area (Å²) in [6, 6.07) is 13.9. The van der Waals surface area contributed by atoms with Crippen LogP contribution in [0.2, 0.25) is 0 Å². The van der Waals surface area contributed by atoms with E-state index >= 15 is 0 Å². The second kappa shape index (κ2) is 7.04. The van der Waals surface area contributed by atoms with Crippen LogP contribution in [0.5, 0.6) is 0 Å². The molecule has 2 aromatic rings. The highest BCUT2D eigenvalue weighted by Gasteiger charge is 2.50. The zero-order chi connectivity index (χ0) is 19.0. The highest BCUT2D eigenvalue weighted by Crippen LogP contribution is 2.39. The van der Waals surface area contributed by atoms with E-state index in [0.717, 1.165) is 23.1 Å². The molecule has 1 aliphatic heterocycles. The predicted octanol–water partition coefficient (Wildman–Crippen LogP) is 3.86. The third-order valence-corrected chi connectivity index (χ3v) is 5.92. The Bertz CT molecular complexity index is 850. The third-order valence-electron chi connectivity index (χ3n) is 5.92. The predicted molar refractivity (Wildman–Crippen MR) is 101 cm³/mol. The molecule has 142 valence electrons. The molecule has 1 saturated heterocycles. The van der Waals surface area contributed by atoms with Gasteiger partial charge < -0.3 is 10.6 Å². The first-order valence-corrected chi connectivity index (χ1v) is 9.57. The van der Waals surface area contributed by atoms with E-state index in [1.807, 2.05) is 30.3 Å². The van der Waals surface area contributed by atoms with Gasteiger partial charge in [0, 0.05) is 12.6 Å². The molecular formula is C22H24F2N2O. The van der Waals surface area contributed by atoms with Crippen molar-refractivity contribution in [2.24, 2.45) is 5.73 Å². The molecule has 2 aliphatic rings. The Balaban J connectivity index is 1.55. The standard InChI is InChI=1S/C22H24F2N2O/c23-18-7-2-6-17(14-18)16-5-1-4-15(12-16)13-20-19(25)8-11-26(20)21(27)22(24)9-3-10-22/h1-2,4-7,12,14,19-20H,3,8-11,13,25H2. The van der Waals surface area contributed by atoms with Crippen LogP contribution in [0.15, 0.2) is 48.5 Å². The Kier molecular flexibility index (Phi) is 4.72. The fourth-order valence-electron chi connectivity index (χ4n) is 4.14. The molecule has 1 amide bonds. The van der Waals surface area contributed by atoms with Gasteiger partial charge in [0.25, 0.3) is 5.91 Å². The minimum absolute atomic E-state index is 0.157. The maximum Gasteiger partial charge on any atom is 0.260 e. The first-order valence-electron chi connectivity index (χ1n) is 9.57. The molecule has 0 radical (unpaired) electrons. The number of carbonyl (C=O) groups excluding carboxylic acids is 1. The van der Waals surface area contributed by atoms with Crippen LogP contribution in [0.1, 0.15) is 31.2 Å². The summed E-state index contributed by atoms with van der Waals surface area (Å²) in [5.41, 5.74) is 7.30. The van der Waals surface area contributed by atoms with Gasteiger partial charge in [-0.25, -0.2) is 8.78 Å². The summed E-state index contributed by atoms with van der Waals surface area (Å²) in [6.07, 6.45) is 2.67. The van der Waals surface area contributed by atoms with Crippen LogP contribution >= 0.6 is 0 Å². The number of likely N-dealkylation sites (tertiary alicyclic amines) is 1. The van der Waals surface area contributed by atoms with Gasteiger partial charge in [0.05, 0.1) is 6.04 Å². The first kappa shape index (κ1) is 18.1. The van der Waals surface area contributed by atoms with Crippen molar-refractivity contribution < 1.29 is 13.6 Å². The number of nitrogens with two attached hydrogens (primary N) is 1. The smallest absolute Gasteiger partial charge is 0.260 e. The molecule has 2 atom stereocenters. The molecule has 1 saturated carbocycles. The van der Waals surface area contributed by atoms with Crippen molar-refractivity contribution in [2.75, 3.05) is 6.54 Å². The monoisotopic (exact) mass is 370 g/mol. The number of hydrogen-bond donors (Lipinski definition) is 1. The Hall–Kier alpha value is -2.27. The Labute approximate surface area is 158 Å². The molecule has 0 spiro atoms. The summed E-state index contributed by atoms with van der Waals surface area (Å²) in [7, 11) is 0. The molecule has 2 fully saturated rings. The number of halogens is 2. The second-order valence-corrected chi connectivity index (χ2v) is 7.75. The van der Waals surface area contributed by atoms with Crippen molar-refractivity contribution in [3.8, 4) is 11.1 Å². The van der Waals surface area contributed by atoms with E-state index in [2.05, 4.69) is 0 Å². The lowest BCUT2D eigenvalue weighted by Crippen LogP contribution is -2.54. The van der Waals surface area contributed by atoms with Gasteiger partial charge in [-0.05, 0) is 60.9 Å². The molecule has 2 aromatic carbocycles. The van der Waals surface area contributed by atoms with Gasteiger partial charge >= 0.3 is 0 Å². The molecule has 2 N–H and O–H groups in total. The van der Waals surface area contributed by atoms with Gasteiger partial charge in [-0.15, -0.1) is 0 Å². The Morgan fingerprint density at radius 2 is 1.85 bits per heavy atom. The van der Waals surface area contributed by atoms with Gasteiger partial charge in [-0.2, -0.15) is 0 Å². The van der Waals surface area contributed by atoms with Gasteiger partial charge in [0.15, 0.2) is 5.67 Å². The van der Waals surface area contributed by atoms with E-state index in [0.29, 0.717) is 32.2 Å². The van der Waals surface area contributed by atoms with Gasteiger partial charge in [0.1, 0.15) is 5.82 Å². The topological polar surface area (TPSA) is 46.3 Å². The van der Waals surface area contributed by atoms with Crippen LogP contribution in [0.4, 0.5) is 8.78 Å². The molecule has 5 heteroatoms. The molecule has 0 aromatic heterocycles. The zero-order valence-electron chi connectivity index (χ0n) is 15.2. The molecule has 0 bridgehead atoms. The van der Waals surface area contributed by atoms with E-state index in [-0.39, 0.29) is 17.9 Å². The number of hydrogen-bond acceptors (Lipinski definition) is 2. The van der Waals surface area contributed by atoms with Crippen LogP contribution in [-0.4, -0.2) is 35.1 Å². The molecule has 2 unspecified atom stereocenters. The third kappa shape index (κ3) is 3.48. The van der Waals surface area contributed by atoms with E-state index in [1.165, 1.54) is 12.1 Å². The van der Waals surface area contributed by atoms with Crippen molar-refractivity contribution in [1.29, 1.82) is 0 Å². The van der Waals surface area contributed by atoms with Crippen LogP contribution in [0.3, 0.4) is 0 Å². The van der Waals surface area contributed by atoms with Crippen LogP contribution < -0.4 is 5.73 Å². The van der Waals surface area contributed by atoms with Crippen molar-refractivity contribution in [3.05, 3.63) is 59.9 Å². The molecule has 4 rings (SSSR count). The van der Waals surface area contributed by atoms with E-state index < -0.39 is 11.6 Å². The van der Waals surface area contributed by atoms with Gasteiger partial charge in [0.2, 0.25) is 0 Å². The van der Waals surface area contributed by atoms with Gasteiger partial charge in [-0.3, -0.25) is 4.79 Å². The lowest BCUT2D eigenvalue weighted by atomic mass is 9.80. The Morgan fingerprint density at radius 1 is 1.15 bits per heavy atom. The fraction of sp³-hybridized carbons (Fsp3) is 0.409. The summed E-state index contributed by atoms with van der Waals surface area (Å²) in [6.45, 7) is 0.514. The second-order valence-electron chi connectivity index (χ2n) is 7.75. The SMILES string of the molecule is NC1CCN(C(=O)C2(F)CCC2)C1Cc1cccc(-c2cccc(F)c2)c1. The highest BCUT2D eigenvalue weighted by molar-refractivity contribution is 5.86. The number of nitrogens with zero attached hydrogens (tertiary/aromatic N) is 1. The molecular weight excluding hydrogens is 346 g/mol. The summed E-state index contributed by atoms with van der Waals surface area (Å²) in [5, 5.41) is 0. The lowest BCUT2D eigenvalue weighted by Gasteiger charge is -2.38. The maximum absolute atomic E-state index is 14.6. The number of amides is 1. The fourth-order valence-corrected chi connectivity index (χ4v) is 4.14.